The van der Waals surface area contributed by atoms with Crippen molar-refractivity contribution in [1.29, 1.82) is 0 Å². The normalized spacial score (nSPS) is 13.8. The predicted molar refractivity (Wildman–Crippen MR) is 250 cm³/mol. The molecule has 0 radical (unpaired) electrons. The van der Waals surface area contributed by atoms with Gasteiger partial charge >= 0.3 is 5.97 Å². The standard InChI is InChI=1S/C52H93NO5/c1-4-7-10-13-16-19-22-24-25-26-27-28-29-31-34-37-40-43-48(58-52(57)45-42-39-36-33-30-23-20-17-14-11-8-5-2)46-51(56)53-49(47-54)50(55)44-41-38-35-32-21-18-15-12-9-6-3/h16-17,19-20,24-25,27-28,31,34,48-50,54-55H,4-15,18,21-23,26,29-30,32-33,35-47H2,1-3H3,(H,53,56)/b19-16-,20-17-,25-24-,28-27-,34-31-. The number of unbranched alkanes of at least 4 members (excludes halogenated alkanes) is 21. The minimum Gasteiger partial charge on any atom is -0.462 e. The Labute approximate surface area is 358 Å². The molecule has 58 heavy (non-hydrogen) atoms. The molecule has 6 heteroatoms. The maximum absolute atomic E-state index is 13.1. The average molecular weight is 812 g/mol. The van der Waals surface area contributed by atoms with E-state index < -0.39 is 18.2 Å². The van der Waals surface area contributed by atoms with E-state index in [4.69, 9.17) is 4.74 Å². The van der Waals surface area contributed by atoms with Crippen molar-refractivity contribution in [2.24, 2.45) is 0 Å². The van der Waals surface area contributed by atoms with E-state index in [0.29, 0.717) is 19.3 Å². The van der Waals surface area contributed by atoms with Gasteiger partial charge in [0, 0.05) is 6.42 Å². The summed E-state index contributed by atoms with van der Waals surface area (Å²) < 4.78 is 5.88. The predicted octanol–water partition coefficient (Wildman–Crippen LogP) is 14.5. The summed E-state index contributed by atoms with van der Waals surface area (Å²) in [5.74, 6) is -0.540. The second kappa shape index (κ2) is 45.6. The van der Waals surface area contributed by atoms with Crippen LogP contribution in [0, 0.1) is 0 Å². The molecule has 3 N–H and O–H groups in total. The van der Waals surface area contributed by atoms with Crippen LogP contribution in [0.3, 0.4) is 0 Å². The molecule has 0 rings (SSSR count). The second-order valence-corrected chi connectivity index (χ2v) is 16.5. The summed E-state index contributed by atoms with van der Waals surface area (Å²) in [5.41, 5.74) is 0. The SMILES string of the molecule is CCCCC/C=C\C/C=C\C/C=C\C/C=C\CCCC(CC(=O)NC(CO)C(O)CCCCCCCCCCCC)OC(=O)CCCCCCC/C=C\CCCCC. The van der Waals surface area contributed by atoms with Crippen molar-refractivity contribution in [2.45, 2.75) is 251 Å². The lowest BCUT2D eigenvalue weighted by molar-refractivity contribution is -0.151. The van der Waals surface area contributed by atoms with Gasteiger partial charge in [-0.3, -0.25) is 9.59 Å². The summed E-state index contributed by atoms with van der Waals surface area (Å²) in [6.07, 6.45) is 55.6. The molecule has 0 bridgehead atoms. The molecule has 336 valence electrons. The Bertz CT molecular complexity index is 1050. The fourth-order valence-electron chi connectivity index (χ4n) is 7.06. The van der Waals surface area contributed by atoms with E-state index in [2.05, 4.69) is 86.8 Å². The minimum atomic E-state index is -0.803. The number of aliphatic hydroxyl groups excluding tert-OH is 2. The van der Waals surface area contributed by atoms with Crippen molar-refractivity contribution in [3.63, 3.8) is 0 Å². The number of allylic oxidation sites excluding steroid dienone is 10. The molecular weight excluding hydrogens is 719 g/mol. The average Bonchev–Trinajstić information content (AvgIpc) is 3.22. The van der Waals surface area contributed by atoms with Crippen molar-refractivity contribution in [2.75, 3.05) is 6.61 Å². The summed E-state index contributed by atoms with van der Waals surface area (Å²) in [4.78, 5) is 26.0. The third-order valence-corrected chi connectivity index (χ3v) is 10.8. The van der Waals surface area contributed by atoms with Gasteiger partial charge in [0.25, 0.3) is 0 Å². The number of aliphatic hydroxyl groups is 2. The maximum atomic E-state index is 13.1. The number of amides is 1. The van der Waals surface area contributed by atoms with Crippen molar-refractivity contribution in [3.05, 3.63) is 60.8 Å². The van der Waals surface area contributed by atoms with E-state index in [1.807, 2.05) is 0 Å². The van der Waals surface area contributed by atoms with Gasteiger partial charge in [-0.15, -0.1) is 0 Å². The van der Waals surface area contributed by atoms with Crippen LogP contribution in [0.4, 0.5) is 0 Å². The maximum Gasteiger partial charge on any atom is 0.306 e. The fraction of sp³-hybridized carbons (Fsp3) is 0.769. The smallest absolute Gasteiger partial charge is 0.306 e. The van der Waals surface area contributed by atoms with Gasteiger partial charge in [0.15, 0.2) is 0 Å². The summed E-state index contributed by atoms with van der Waals surface area (Å²) in [7, 11) is 0. The molecule has 0 spiro atoms. The molecule has 0 saturated heterocycles. The van der Waals surface area contributed by atoms with Crippen LogP contribution in [0.1, 0.15) is 233 Å². The molecule has 0 aromatic rings. The highest BCUT2D eigenvalue weighted by Crippen LogP contribution is 2.16. The van der Waals surface area contributed by atoms with E-state index in [1.165, 1.54) is 109 Å². The lowest BCUT2D eigenvalue weighted by Crippen LogP contribution is -2.46. The van der Waals surface area contributed by atoms with Crippen molar-refractivity contribution < 1.29 is 24.5 Å². The number of carbonyl (C=O) groups excluding carboxylic acids is 2. The van der Waals surface area contributed by atoms with E-state index in [9.17, 15) is 19.8 Å². The number of hydrogen-bond donors (Lipinski definition) is 3. The monoisotopic (exact) mass is 812 g/mol. The lowest BCUT2D eigenvalue weighted by Gasteiger charge is -2.24. The van der Waals surface area contributed by atoms with Crippen LogP contribution >= 0.6 is 0 Å². The molecule has 3 atom stereocenters. The number of carbonyl (C=O) groups is 2. The van der Waals surface area contributed by atoms with Crippen LogP contribution in [0.25, 0.3) is 0 Å². The van der Waals surface area contributed by atoms with Crippen molar-refractivity contribution in [3.8, 4) is 0 Å². The molecule has 0 aromatic heterocycles. The summed E-state index contributed by atoms with van der Waals surface area (Å²) in [6.45, 7) is 6.39. The number of ether oxygens (including phenoxy) is 1. The van der Waals surface area contributed by atoms with Crippen LogP contribution in [0.2, 0.25) is 0 Å². The van der Waals surface area contributed by atoms with Crippen LogP contribution in [0.5, 0.6) is 0 Å². The van der Waals surface area contributed by atoms with Crippen molar-refractivity contribution in [1.82, 2.24) is 5.32 Å². The third-order valence-electron chi connectivity index (χ3n) is 10.8. The molecule has 6 nitrogen and oxygen atoms in total. The third kappa shape index (κ3) is 40.3. The van der Waals surface area contributed by atoms with Crippen molar-refractivity contribution >= 4 is 11.9 Å². The van der Waals surface area contributed by atoms with Gasteiger partial charge in [0.2, 0.25) is 5.91 Å². The molecular formula is C52H93NO5. The van der Waals surface area contributed by atoms with Crippen LogP contribution < -0.4 is 5.32 Å². The Morgan fingerprint density at radius 1 is 0.500 bits per heavy atom. The van der Waals surface area contributed by atoms with Crippen LogP contribution in [-0.2, 0) is 14.3 Å². The molecule has 0 heterocycles. The fourth-order valence-corrected chi connectivity index (χ4v) is 7.06. The van der Waals surface area contributed by atoms with E-state index in [1.54, 1.807) is 0 Å². The van der Waals surface area contributed by atoms with Gasteiger partial charge < -0.3 is 20.3 Å². The van der Waals surface area contributed by atoms with Gasteiger partial charge in [-0.2, -0.15) is 0 Å². The minimum absolute atomic E-state index is 0.0355. The molecule has 0 aliphatic carbocycles. The first-order chi connectivity index (χ1) is 28.5. The Kier molecular flexibility index (Phi) is 43.7. The lowest BCUT2D eigenvalue weighted by atomic mass is 10.0. The van der Waals surface area contributed by atoms with Gasteiger partial charge in [0.1, 0.15) is 6.10 Å². The zero-order chi connectivity index (χ0) is 42.4. The Morgan fingerprint density at radius 3 is 1.41 bits per heavy atom. The highest BCUT2D eigenvalue weighted by Gasteiger charge is 2.24. The quantitative estimate of drug-likeness (QED) is 0.0324. The zero-order valence-electron chi connectivity index (χ0n) is 38.2. The molecule has 0 aliphatic heterocycles. The summed E-state index contributed by atoms with van der Waals surface area (Å²) in [5, 5.41) is 23.6. The number of rotatable bonds is 43. The molecule has 0 fully saturated rings. The van der Waals surface area contributed by atoms with E-state index in [-0.39, 0.29) is 24.9 Å². The summed E-state index contributed by atoms with van der Waals surface area (Å²) in [6, 6.07) is -0.720. The molecule has 0 aliphatic rings. The van der Waals surface area contributed by atoms with E-state index >= 15 is 0 Å². The second-order valence-electron chi connectivity index (χ2n) is 16.5. The highest BCUT2D eigenvalue weighted by atomic mass is 16.5. The van der Waals surface area contributed by atoms with Gasteiger partial charge in [-0.05, 0) is 89.9 Å². The molecule has 0 aromatic carbocycles. The van der Waals surface area contributed by atoms with Crippen LogP contribution in [-0.4, -0.2) is 46.9 Å². The first-order valence-electron chi connectivity index (χ1n) is 24.5. The first kappa shape index (κ1) is 55.6. The topological polar surface area (TPSA) is 95.9 Å². The molecule has 0 saturated carbocycles. The number of hydrogen-bond acceptors (Lipinski definition) is 5. The number of esters is 1. The first-order valence-corrected chi connectivity index (χ1v) is 24.5. The van der Waals surface area contributed by atoms with Crippen LogP contribution in [0.15, 0.2) is 60.8 Å². The highest BCUT2D eigenvalue weighted by molar-refractivity contribution is 5.77. The summed E-state index contributed by atoms with van der Waals surface area (Å²) >= 11 is 0. The largest absolute Gasteiger partial charge is 0.462 e. The van der Waals surface area contributed by atoms with E-state index in [0.717, 1.165) is 77.0 Å². The number of nitrogens with one attached hydrogen (secondary N) is 1. The molecule has 3 unspecified atom stereocenters. The molecule has 1 amide bonds. The Balaban J connectivity index is 4.73. The van der Waals surface area contributed by atoms with Gasteiger partial charge in [0.05, 0.1) is 25.2 Å². The van der Waals surface area contributed by atoms with Gasteiger partial charge in [-0.1, -0.05) is 191 Å². The zero-order valence-corrected chi connectivity index (χ0v) is 38.2. The Morgan fingerprint density at radius 2 is 0.897 bits per heavy atom. The van der Waals surface area contributed by atoms with Gasteiger partial charge in [-0.25, -0.2) is 0 Å². The Hall–Kier alpha value is -2.44.